The molecule has 1 saturated carbocycles. The van der Waals surface area contributed by atoms with Crippen LogP contribution in [0, 0.1) is 5.92 Å². The van der Waals surface area contributed by atoms with Crippen LogP contribution >= 0.6 is 11.8 Å². The molecule has 0 saturated heterocycles. The first-order valence-electron chi connectivity index (χ1n) is 7.36. The summed E-state index contributed by atoms with van der Waals surface area (Å²) in [5, 5.41) is 0. The number of benzene rings is 1. The molecule has 2 N–H and O–H groups in total. The number of likely N-dealkylation sites (N-methyl/N-ethyl adjacent to an activating group) is 1. The van der Waals surface area contributed by atoms with Crippen molar-refractivity contribution in [1.29, 1.82) is 0 Å². The van der Waals surface area contributed by atoms with Crippen LogP contribution in [0.2, 0.25) is 0 Å². The first-order valence-corrected chi connectivity index (χ1v) is 8.59. The van der Waals surface area contributed by atoms with Crippen LogP contribution in [-0.4, -0.2) is 30.8 Å². The Balaban J connectivity index is 2.06. The maximum Gasteiger partial charge on any atom is 0.0470 e. The average molecular weight is 278 g/mol. The minimum atomic E-state index is 0.376. The fourth-order valence-corrected chi connectivity index (χ4v) is 3.21. The predicted molar refractivity (Wildman–Crippen MR) is 84.6 cm³/mol. The largest absolute Gasteiger partial charge is 0.329 e. The molecule has 1 unspecified atom stereocenters. The Labute approximate surface area is 121 Å². The number of hydrogen-bond acceptors (Lipinski definition) is 3. The number of hydrogen-bond donors (Lipinski definition) is 1. The van der Waals surface area contributed by atoms with Crippen LogP contribution < -0.4 is 5.73 Å². The van der Waals surface area contributed by atoms with Crippen molar-refractivity contribution in [2.45, 2.75) is 37.1 Å². The Morgan fingerprint density at radius 1 is 1.32 bits per heavy atom. The lowest BCUT2D eigenvalue weighted by Crippen LogP contribution is -2.38. The Morgan fingerprint density at radius 3 is 2.42 bits per heavy atom. The van der Waals surface area contributed by atoms with Gasteiger partial charge in [0.15, 0.2) is 0 Å². The summed E-state index contributed by atoms with van der Waals surface area (Å²) in [6, 6.07) is 9.28. The topological polar surface area (TPSA) is 29.3 Å². The molecule has 0 radical (unpaired) electrons. The van der Waals surface area contributed by atoms with Gasteiger partial charge >= 0.3 is 0 Å². The van der Waals surface area contributed by atoms with Gasteiger partial charge < -0.3 is 5.73 Å². The zero-order valence-corrected chi connectivity index (χ0v) is 13.0. The van der Waals surface area contributed by atoms with Crippen LogP contribution in [-0.2, 0) is 0 Å². The molecule has 106 valence electrons. The Hall–Kier alpha value is -0.510. The fourth-order valence-electron chi connectivity index (χ4n) is 2.81. The number of rotatable bonds is 7. The predicted octanol–water partition coefficient (Wildman–Crippen LogP) is 3.53. The zero-order chi connectivity index (χ0) is 13.7. The van der Waals surface area contributed by atoms with Gasteiger partial charge in [-0.3, -0.25) is 4.90 Å². The van der Waals surface area contributed by atoms with Gasteiger partial charge in [-0.15, -0.1) is 11.8 Å². The van der Waals surface area contributed by atoms with E-state index in [9.17, 15) is 0 Å². The van der Waals surface area contributed by atoms with Crippen LogP contribution in [0.5, 0.6) is 0 Å². The van der Waals surface area contributed by atoms with E-state index in [0.29, 0.717) is 12.6 Å². The summed E-state index contributed by atoms with van der Waals surface area (Å²) in [5.41, 5.74) is 7.40. The molecular formula is C16H26N2S. The SMILES string of the molecule is CCN(CC1CCC1)C(CN)c1ccc(SC)cc1. The average Bonchev–Trinajstić information content (AvgIpc) is 2.41. The molecule has 1 aromatic carbocycles. The molecule has 0 aromatic heterocycles. The lowest BCUT2D eigenvalue weighted by Gasteiger charge is -2.36. The second-order valence-electron chi connectivity index (χ2n) is 5.41. The van der Waals surface area contributed by atoms with E-state index in [1.807, 2.05) is 0 Å². The second-order valence-corrected chi connectivity index (χ2v) is 6.29. The van der Waals surface area contributed by atoms with Crippen molar-refractivity contribution in [1.82, 2.24) is 4.90 Å². The third-order valence-electron chi connectivity index (χ3n) is 4.29. The van der Waals surface area contributed by atoms with E-state index in [2.05, 4.69) is 42.3 Å². The van der Waals surface area contributed by atoms with Gasteiger partial charge in [0.25, 0.3) is 0 Å². The highest BCUT2D eigenvalue weighted by Crippen LogP contribution is 2.30. The summed E-state index contributed by atoms with van der Waals surface area (Å²) in [6.07, 6.45) is 6.33. The molecule has 0 spiro atoms. The molecule has 1 aromatic rings. The van der Waals surface area contributed by atoms with Gasteiger partial charge in [-0.25, -0.2) is 0 Å². The molecule has 1 fully saturated rings. The quantitative estimate of drug-likeness (QED) is 0.774. The lowest BCUT2D eigenvalue weighted by atomic mass is 9.84. The van der Waals surface area contributed by atoms with Crippen LogP contribution in [0.25, 0.3) is 0 Å². The summed E-state index contributed by atoms with van der Waals surface area (Å²) >= 11 is 1.79. The van der Waals surface area contributed by atoms with Crippen molar-refractivity contribution in [3.05, 3.63) is 29.8 Å². The van der Waals surface area contributed by atoms with Crippen LogP contribution in [0.3, 0.4) is 0 Å². The van der Waals surface area contributed by atoms with Crippen LogP contribution in [0.4, 0.5) is 0 Å². The number of nitrogens with zero attached hydrogens (tertiary/aromatic N) is 1. The maximum absolute atomic E-state index is 6.04. The van der Waals surface area contributed by atoms with Crippen molar-refractivity contribution in [2.75, 3.05) is 25.9 Å². The molecule has 0 bridgehead atoms. The monoisotopic (exact) mass is 278 g/mol. The van der Waals surface area contributed by atoms with Gasteiger partial charge in [-0.05, 0) is 49.3 Å². The smallest absolute Gasteiger partial charge is 0.0470 e. The van der Waals surface area contributed by atoms with Gasteiger partial charge in [-0.1, -0.05) is 25.5 Å². The second kappa shape index (κ2) is 7.32. The van der Waals surface area contributed by atoms with Crippen molar-refractivity contribution in [3.8, 4) is 0 Å². The first-order chi connectivity index (χ1) is 9.28. The Bertz CT molecular complexity index is 373. The molecule has 1 atom stereocenters. The lowest BCUT2D eigenvalue weighted by molar-refractivity contribution is 0.141. The molecule has 3 heteroatoms. The number of thioether (sulfide) groups is 1. The van der Waals surface area contributed by atoms with E-state index in [0.717, 1.165) is 12.5 Å². The van der Waals surface area contributed by atoms with E-state index in [1.165, 1.54) is 36.3 Å². The van der Waals surface area contributed by atoms with Crippen molar-refractivity contribution < 1.29 is 0 Å². The zero-order valence-electron chi connectivity index (χ0n) is 12.1. The van der Waals surface area contributed by atoms with E-state index in [4.69, 9.17) is 5.73 Å². The van der Waals surface area contributed by atoms with E-state index >= 15 is 0 Å². The third kappa shape index (κ3) is 3.74. The van der Waals surface area contributed by atoms with Gasteiger partial charge in [0.2, 0.25) is 0 Å². The van der Waals surface area contributed by atoms with Gasteiger partial charge in [-0.2, -0.15) is 0 Å². The highest BCUT2D eigenvalue weighted by molar-refractivity contribution is 7.98. The standard InChI is InChI=1S/C16H26N2S/c1-3-18(12-13-5-4-6-13)16(11-17)14-7-9-15(19-2)10-8-14/h7-10,13,16H,3-6,11-12,17H2,1-2H3. The van der Waals surface area contributed by atoms with Crippen molar-refractivity contribution in [2.24, 2.45) is 11.7 Å². The first kappa shape index (κ1) is 14.9. The highest BCUT2D eigenvalue weighted by Gasteiger charge is 2.24. The summed E-state index contributed by atoms with van der Waals surface area (Å²) in [7, 11) is 0. The summed E-state index contributed by atoms with van der Waals surface area (Å²) in [4.78, 5) is 3.87. The van der Waals surface area contributed by atoms with Gasteiger partial charge in [0.1, 0.15) is 0 Å². The van der Waals surface area contributed by atoms with Crippen LogP contribution in [0.1, 0.15) is 37.8 Å². The van der Waals surface area contributed by atoms with E-state index in [-0.39, 0.29) is 0 Å². The Morgan fingerprint density at radius 2 is 2.00 bits per heavy atom. The summed E-state index contributed by atoms with van der Waals surface area (Å²) in [6.45, 7) is 5.25. The van der Waals surface area contributed by atoms with E-state index in [1.54, 1.807) is 11.8 Å². The van der Waals surface area contributed by atoms with Gasteiger partial charge in [0, 0.05) is 24.0 Å². The molecule has 1 aliphatic rings. The highest BCUT2D eigenvalue weighted by atomic mass is 32.2. The Kier molecular flexibility index (Phi) is 5.74. The van der Waals surface area contributed by atoms with Crippen molar-refractivity contribution >= 4 is 11.8 Å². The minimum absolute atomic E-state index is 0.376. The molecule has 2 rings (SSSR count). The molecule has 0 amide bonds. The molecule has 19 heavy (non-hydrogen) atoms. The third-order valence-corrected chi connectivity index (χ3v) is 5.03. The maximum atomic E-state index is 6.04. The fraction of sp³-hybridized carbons (Fsp3) is 0.625. The van der Waals surface area contributed by atoms with Crippen molar-refractivity contribution in [3.63, 3.8) is 0 Å². The minimum Gasteiger partial charge on any atom is -0.329 e. The molecule has 0 heterocycles. The summed E-state index contributed by atoms with van der Waals surface area (Å²) < 4.78 is 0. The molecule has 0 aliphatic heterocycles. The molecule has 2 nitrogen and oxygen atoms in total. The molecular weight excluding hydrogens is 252 g/mol. The summed E-state index contributed by atoms with van der Waals surface area (Å²) in [5.74, 6) is 0.902. The van der Waals surface area contributed by atoms with Crippen LogP contribution in [0.15, 0.2) is 29.2 Å². The molecule has 1 aliphatic carbocycles. The van der Waals surface area contributed by atoms with Gasteiger partial charge in [0.05, 0.1) is 0 Å². The normalized spacial score (nSPS) is 17.5. The van der Waals surface area contributed by atoms with E-state index < -0.39 is 0 Å². The number of nitrogens with two attached hydrogens (primary N) is 1.